The second kappa shape index (κ2) is 8.06. The van der Waals surface area contributed by atoms with Crippen LogP contribution in [0.2, 0.25) is 0 Å². The van der Waals surface area contributed by atoms with E-state index in [0.29, 0.717) is 22.3 Å². The van der Waals surface area contributed by atoms with Gasteiger partial charge < -0.3 is 20.5 Å². The zero-order valence-corrected chi connectivity index (χ0v) is 14.3. The van der Waals surface area contributed by atoms with Gasteiger partial charge in [0.05, 0.1) is 13.7 Å². The molecule has 0 fully saturated rings. The summed E-state index contributed by atoms with van der Waals surface area (Å²) < 4.78 is 42.7. The molecule has 0 aliphatic heterocycles. The molecule has 1 aromatic heterocycles. The Morgan fingerprint density at radius 1 is 1.32 bits per heavy atom. The fourth-order valence-electron chi connectivity index (χ4n) is 1.91. The molecular formula is C15H17F3N4O2S. The Bertz CT molecular complexity index is 747. The van der Waals surface area contributed by atoms with E-state index in [9.17, 15) is 18.3 Å². The topological polar surface area (TPSA) is 78.8 Å². The number of aromatic nitrogens is 1. The van der Waals surface area contributed by atoms with Gasteiger partial charge in [0.25, 0.3) is 0 Å². The highest BCUT2D eigenvalue weighted by molar-refractivity contribution is 7.09. The number of hydrogen-bond acceptors (Lipinski definition) is 5. The zero-order chi connectivity index (χ0) is 18.4. The van der Waals surface area contributed by atoms with Crippen molar-refractivity contribution in [3.63, 3.8) is 0 Å². The SMILES string of the molecule is CN=C(NCc1nc(C(F)(F)F)cs1)NCc1cc(OC)ccc1O. The van der Waals surface area contributed by atoms with Crippen LogP contribution in [0, 0.1) is 0 Å². The summed E-state index contributed by atoms with van der Waals surface area (Å²) in [6, 6.07) is 4.82. The van der Waals surface area contributed by atoms with Gasteiger partial charge in [0.1, 0.15) is 16.5 Å². The molecule has 0 atom stereocenters. The number of phenolic OH excluding ortho intramolecular Hbond substituents is 1. The average molecular weight is 374 g/mol. The van der Waals surface area contributed by atoms with Gasteiger partial charge in [-0.2, -0.15) is 13.2 Å². The Hall–Kier alpha value is -2.49. The number of thiazole rings is 1. The molecule has 1 aromatic carbocycles. The minimum Gasteiger partial charge on any atom is -0.508 e. The number of phenols is 1. The molecule has 0 spiro atoms. The van der Waals surface area contributed by atoms with E-state index in [4.69, 9.17) is 4.74 Å². The quantitative estimate of drug-likeness (QED) is 0.554. The van der Waals surface area contributed by atoms with E-state index in [1.54, 1.807) is 12.1 Å². The summed E-state index contributed by atoms with van der Waals surface area (Å²) in [5, 5.41) is 16.9. The molecule has 0 unspecified atom stereocenters. The fraction of sp³-hybridized carbons (Fsp3) is 0.333. The highest BCUT2D eigenvalue weighted by Crippen LogP contribution is 2.29. The average Bonchev–Trinajstić information content (AvgIpc) is 3.05. The van der Waals surface area contributed by atoms with Gasteiger partial charge in [-0.1, -0.05) is 0 Å². The highest BCUT2D eigenvalue weighted by atomic mass is 32.1. The molecule has 0 radical (unpaired) electrons. The maximum Gasteiger partial charge on any atom is 0.434 e. The molecule has 25 heavy (non-hydrogen) atoms. The lowest BCUT2D eigenvalue weighted by Gasteiger charge is -2.12. The van der Waals surface area contributed by atoms with E-state index in [-0.39, 0.29) is 18.8 Å². The number of halogens is 3. The Balaban J connectivity index is 1.92. The summed E-state index contributed by atoms with van der Waals surface area (Å²) in [7, 11) is 3.05. The van der Waals surface area contributed by atoms with E-state index in [1.165, 1.54) is 20.2 Å². The summed E-state index contributed by atoms with van der Waals surface area (Å²) in [5.74, 6) is 1.06. The normalized spacial score (nSPS) is 12.1. The van der Waals surface area contributed by atoms with E-state index in [1.807, 2.05) is 0 Å². The van der Waals surface area contributed by atoms with Gasteiger partial charge in [-0.15, -0.1) is 11.3 Å². The number of methoxy groups -OCH3 is 1. The van der Waals surface area contributed by atoms with Gasteiger partial charge >= 0.3 is 6.18 Å². The predicted octanol–water partition coefficient (Wildman–Crippen LogP) is 2.74. The third kappa shape index (κ3) is 5.24. The van der Waals surface area contributed by atoms with Crippen LogP contribution in [0.15, 0.2) is 28.6 Å². The van der Waals surface area contributed by atoms with Gasteiger partial charge in [-0.25, -0.2) is 4.98 Å². The first-order valence-electron chi connectivity index (χ1n) is 7.15. The second-order valence-electron chi connectivity index (χ2n) is 4.90. The second-order valence-corrected chi connectivity index (χ2v) is 5.84. The van der Waals surface area contributed by atoms with Crippen molar-refractivity contribution in [3.05, 3.63) is 39.8 Å². The first kappa shape index (κ1) is 18.8. The van der Waals surface area contributed by atoms with Crippen molar-refractivity contribution < 1.29 is 23.0 Å². The van der Waals surface area contributed by atoms with Gasteiger partial charge in [0.2, 0.25) is 0 Å². The maximum absolute atomic E-state index is 12.5. The standard InChI is InChI=1S/C15H17F3N4O2S/c1-19-14(20-6-9-5-10(24-2)3-4-11(9)23)21-7-13-22-12(8-25-13)15(16,17)18/h3-5,8,23H,6-7H2,1-2H3,(H2,19,20,21). The lowest BCUT2D eigenvalue weighted by molar-refractivity contribution is -0.140. The lowest BCUT2D eigenvalue weighted by Crippen LogP contribution is -2.36. The van der Waals surface area contributed by atoms with E-state index in [0.717, 1.165) is 16.7 Å². The number of guanidine groups is 1. The van der Waals surface area contributed by atoms with Crippen LogP contribution < -0.4 is 15.4 Å². The Morgan fingerprint density at radius 2 is 2.04 bits per heavy atom. The molecule has 2 aromatic rings. The number of hydrogen-bond donors (Lipinski definition) is 3. The van der Waals surface area contributed by atoms with Crippen molar-refractivity contribution in [2.24, 2.45) is 4.99 Å². The van der Waals surface area contributed by atoms with Crippen LogP contribution in [0.5, 0.6) is 11.5 Å². The maximum atomic E-state index is 12.5. The van der Waals surface area contributed by atoms with Crippen LogP contribution in [0.1, 0.15) is 16.3 Å². The highest BCUT2D eigenvalue weighted by Gasteiger charge is 2.33. The van der Waals surface area contributed by atoms with Crippen molar-refractivity contribution in [2.75, 3.05) is 14.2 Å². The molecule has 0 saturated heterocycles. The number of benzene rings is 1. The molecule has 10 heteroatoms. The molecular weight excluding hydrogens is 357 g/mol. The summed E-state index contributed by atoms with van der Waals surface area (Å²) in [5.41, 5.74) is -0.311. The first-order valence-corrected chi connectivity index (χ1v) is 8.03. The molecule has 0 aliphatic carbocycles. The molecule has 2 rings (SSSR count). The minimum atomic E-state index is -4.45. The van der Waals surface area contributed by atoms with Crippen LogP contribution in [-0.4, -0.2) is 30.2 Å². The summed E-state index contributed by atoms with van der Waals surface area (Å²) in [4.78, 5) is 7.52. The van der Waals surface area contributed by atoms with Gasteiger partial charge in [0, 0.05) is 24.5 Å². The van der Waals surface area contributed by atoms with Gasteiger partial charge in [0.15, 0.2) is 11.7 Å². The van der Waals surface area contributed by atoms with Crippen molar-refractivity contribution in [3.8, 4) is 11.5 Å². The Labute approximate surface area is 146 Å². The van der Waals surface area contributed by atoms with Crippen molar-refractivity contribution in [1.82, 2.24) is 15.6 Å². The summed E-state index contributed by atoms with van der Waals surface area (Å²) >= 11 is 0.918. The molecule has 0 amide bonds. The van der Waals surface area contributed by atoms with Crippen LogP contribution in [0.4, 0.5) is 13.2 Å². The van der Waals surface area contributed by atoms with Crippen molar-refractivity contribution in [1.29, 1.82) is 0 Å². The largest absolute Gasteiger partial charge is 0.508 e. The monoisotopic (exact) mass is 374 g/mol. The predicted molar refractivity (Wildman–Crippen MR) is 88.8 cm³/mol. The molecule has 0 bridgehead atoms. The van der Waals surface area contributed by atoms with Crippen molar-refractivity contribution in [2.45, 2.75) is 19.3 Å². The molecule has 0 saturated carbocycles. The number of ether oxygens (including phenoxy) is 1. The number of alkyl halides is 3. The molecule has 3 N–H and O–H groups in total. The molecule has 1 heterocycles. The van der Waals surface area contributed by atoms with E-state index >= 15 is 0 Å². The zero-order valence-electron chi connectivity index (χ0n) is 13.5. The van der Waals surface area contributed by atoms with E-state index in [2.05, 4.69) is 20.6 Å². The van der Waals surface area contributed by atoms with Gasteiger partial charge in [-0.05, 0) is 18.2 Å². The van der Waals surface area contributed by atoms with Crippen LogP contribution in [0.25, 0.3) is 0 Å². The number of rotatable bonds is 5. The lowest BCUT2D eigenvalue weighted by atomic mass is 10.2. The Morgan fingerprint density at radius 3 is 2.64 bits per heavy atom. The Kier molecular flexibility index (Phi) is 6.07. The van der Waals surface area contributed by atoms with E-state index < -0.39 is 11.9 Å². The fourth-order valence-corrected chi connectivity index (χ4v) is 2.65. The number of nitrogens with one attached hydrogen (secondary N) is 2. The first-order chi connectivity index (χ1) is 11.8. The summed E-state index contributed by atoms with van der Waals surface area (Å²) in [6.07, 6.45) is -4.45. The van der Waals surface area contributed by atoms with Crippen molar-refractivity contribution >= 4 is 17.3 Å². The number of aromatic hydroxyl groups is 1. The third-order valence-corrected chi connectivity index (χ3v) is 4.05. The molecule has 0 aliphatic rings. The summed E-state index contributed by atoms with van der Waals surface area (Å²) in [6.45, 7) is 0.360. The van der Waals surface area contributed by atoms with Crippen LogP contribution in [0.3, 0.4) is 0 Å². The smallest absolute Gasteiger partial charge is 0.434 e. The number of aliphatic imine (C=N–C) groups is 1. The molecule has 136 valence electrons. The van der Waals surface area contributed by atoms with Crippen LogP contribution >= 0.6 is 11.3 Å². The van der Waals surface area contributed by atoms with Gasteiger partial charge in [-0.3, -0.25) is 4.99 Å². The molecule has 6 nitrogen and oxygen atoms in total. The van der Waals surface area contributed by atoms with Crippen LogP contribution in [-0.2, 0) is 19.3 Å². The number of nitrogens with zero attached hydrogens (tertiary/aromatic N) is 2. The third-order valence-electron chi connectivity index (χ3n) is 3.21. The minimum absolute atomic E-state index is 0.0958.